The molecule has 0 saturated heterocycles. The van der Waals surface area contributed by atoms with Gasteiger partial charge in [-0.25, -0.2) is 9.97 Å². The van der Waals surface area contributed by atoms with Crippen molar-refractivity contribution in [3.8, 4) is 0 Å². The molecule has 1 amide bonds. The average molecular weight is 356 g/mol. The lowest BCUT2D eigenvalue weighted by Gasteiger charge is -2.30. The zero-order valence-electron chi connectivity index (χ0n) is 13.1. The zero-order valence-corrected chi connectivity index (χ0v) is 13.9. The molecule has 0 fully saturated rings. The van der Waals surface area contributed by atoms with Crippen molar-refractivity contribution < 1.29 is 18.0 Å². The molecule has 0 N–H and O–H groups in total. The number of rotatable bonds is 2. The molecular formula is C15H15F3N4OS. The Morgan fingerprint density at radius 1 is 1.29 bits per heavy atom. The van der Waals surface area contributed by atoms with Crippen LogP contribution in [0, 0.1) is 0 Å². The van der Waals surface area contributed by atoms with Crippen LogP contribution in [0.25, 0.3) is 0 Å². The van der Waals surface area contributed by atoms with E-state index in [-0.39, 0.29) is 12.1 Å². The summed E-state index contributed by atoms with van der Waals surface area (Å²) in [7, 11) is 3.65. The van der Waals surface area contributed by atoms with E-state index in [1.54, 1.807) is 4.90 Å². The topological polar surface area (TPSA) is 49.3 Å². The third-order valence-corrected chi connectivity index (χ3v) is 4.63. The molecule has 9 heteroatoms. The van der Waals surface area contributed by atoms with Gasteiger partial charge >= 0.3 is 6.18 Å². The first-order chi connectivity index (χ1) is 11.3. The maximum absolute atomic E-state index is 13.0. The van der Waals surface area contributed by atoms with E-state index in [0.29, 0.717) is 18.8 Å². The molecule has 3 rings (SSSR count). The quantitative estimate of drug-likeness (QED) is 0.830. The normalized spacial score (nSPS) is 14.5. The molecular weight excluding hydrogens is 341 g/mol. The summed E-state index contributed by atoms with van der Waals surface area (Å²) >= 11 is 0.879. The van der Waals surface area contributed by atoms with E-state index in [4.69, 9.17) is 0 Å². The smallest absolute Gasteiger partial charge is 0.362 e. The van der Waals surface area contributed by atoms with Crippen LogP contribution in [0.2, 0.25) is 0 Å². The highest BCUT2D eigenvalue weighted by Gasteiger charge is 2.37. The van der Waals surface area contributed by atoms with Gasteiger partial charge in [0.15, 0.2) is 0 Å². The molecule has 1 aliphatic rings. The first-order valence-corrected chi connectivity index (χ1v) is 8.16. The minimum absolute atomic E-state index is 0.204. The molecule has 24 heavy (non-hydrogen) atoms. The number of anilines is 1. The SMILES string of the molecule is CN(C)c1ncnc2c1CN(C(=O)c1cscc1C(F)(F)F)CC2. The predicted molar refractivity (Wildman–Crippen MR) is 84.1 cm³/mol. The number of halogens is 3. The van der Waals surface area contributed by atoms with Gasteiger partial charge in [0.05, 0.1) is 23.4 Å². The Morgan fingerprint density at radius 3 is 2.71 bits per heavy atom. The number of hydrogen-bond donors (Lipinski definition) is 0. The van der Waals surface area contributed by atoms with Gasteiger partial charge in [-0.15, -0.1) is 0 Å². The summed E-state index contributed by atoms with van der Waals surface area (Å²) in [6.07, 6.45) is -2.57. The van der Waals surface area contributed by atoms with Gasteiger partial charge in [-0.3, -0.25) is 4.79 Å². The second-order valence-corrected chi connectivity index (χ2v) is 6.43. The highest BCUT2D eigenvalue weighted by atomic mass is 32.1. The molecule has 0 radical (unpaired) electrons. The summed E-state index contributed by atoms with van der Waals surface area (Å²) in [5.74, 6) is 0.0710. The van der Waals surface area contributed by atoms with Gasteiger partial charge in [-0.2, -0.15) is 24.5 Å². The molecule has 0 atom stereocenters. The fourth-order valence-corrected chi connectivity index (χ4v) is 3.57. The number of carbonyl (C=O) groups is 1. The molecule has 5 nitrogen and oxygen atoms in total. The van der Waals surface area contributed by atoms with Crippen LogP contribution < -0.4 is 4.90 Å². The highest BCUT2D eigenvalue weighted by Crippen LogP contribution is 2.35. The minimum atomic E-state index is -4.53. The van der Waals surface area contributed by atoms with E-state index >= 15 is 0 Å². The second kappa shape index (κ2) is 6.04. The fraction of sp³-hybridized carbons (Fsp3) is 0.400. The third kappa shape index (κ3) is 2.95. The first kappa shape index (κ1) is 16.7. The maximum Gasteiger partial charge on any atom is 0.417 e. The van der Waals surface area contributed by atoms with E-state index in [1.165, 1.54) is 16.6 Å². The Kier molecular flexibility index (Phi) is 4.20. The van der Waals surface area contributed by atoms with Gasteiger partial charge in [-0.05, 0) is 0 Å². The van der Waals surface area contributed by atoms with Crippen LogP contribution in [0.15, 0.2) is 17.1 Å². The van der Waals surface area contributed by atoms with Crippen molar-refractivity contribution in [2.45, 2.75) is 19.1 Å². The molecule has 0 aromatic carbocycles. The van der Waals surface area contributed by atoms with Crippen molar-refractivity contribution in [2.75, 3.05) is 25.5 Å². The van der Waals surface area contributed by atoms with Gasteiger partial charge < -0.3 is 9.80 Å². The van der Waals surface area contributed by atoms with Gasteiger partial charge in [-0.1, -0.05) is 0 Å². The van der Waals surface area contributed by atoms with Crippen LogP contribution in [-0.2, 0) is 19.1 Å². The van der Waals surface area contributed by atoms with Gasteiger partial charge in [0.25, 0.3) is 5.91 Å². The van der Waals surface area contributed by atoms with E-state index in [0.717, 1.165) is 28.0 Å². The van der Waals surface area contributed by atoms with Crippen LogP contribution in [-0.4, -0.2) is 41.4 Å². The molecule has 128 valence electrons. The summed E-state index contributed by atoms with van der Waals surface area (Å²) in [6.45, 7) is 0.540. The Bertz CT molecular complexity index is 772. The summed E-state index contributed by atoms with van der Waals surface area (Å²) in [4.78, 5) is 24.3. The molecule has 0 spiro atoms. The number of nitrogens with zero attached hydrogens (tertiary/aromatic N) is 4. The number of alkyl halides is 3. The zero-order chi connectivity index (χ0) is 17.5. The maximum atomic E-state index is 13.0. The van der Waals surface area contributed by atoms with Crippen LogP contribution >= 0.6 is 11.3 Å². The predicted octanol–water partition coefficient (Wildman–Crippen LogP) is 2.82. The van der Waals surface area contributed by atoms with Crippen LogP contribution in [0.4, 0.5) is 19.0 Å². The van der Waals surface area contributed by atoms with Crippen molar-refractivity contribution in [1.82, 2.24) is 14.9 Å². The standard InChI is InChI=1S/C15H15F3N4OS/c1-21(2)13-9-5-22(4-3-12(9)19-8-20-13)14(23)10-6-24-7-11(10)15(16,17)18/h6-8H,3-5H2,1-2H3. The number of fused-ring (bicyclic) bond motifs is 1. The Labute approximate surface area is 140 Å². The van der Waals surface area contributed by atoms with E-state index in [1.807, 2.05) is 14.1 Å². The number of aromatic nitrogens is 2. The lowest BCUT2D eigenvalue weighted by atomic mass is 10.0. The fourth-order valence-electron chi connectivity index (χ4n) is 2.74. The summed E-state index contributed by atoms with van der Waals surface area (Å²) in [6, 6.07) is 0. The molecule has 3 heterocycles. The second-order valence-electron chi connectivity index (χ2n) is 5.69. The Hall–Kier alpha value is -2.16. The van der Waals surface area contributed by atoms with Crippen LogP contribution in [0.5, 0.6) is 0 Å². The van der Waals surface area contributed by atoms with Gasteiger partial charge in [0.1, 0.15) is 12.1 Å². The molecule has 2 aromatic rings. The molecule has 1 aliphatic heterocycles. The van der Waals surface area contributed by atoms with Crippen molar-refractivity contribution in [3.63, 3.8) is 0 Å². The average Bonchev–Trinajstić information content (AvgIpc) is 3.02. The first-order valence-electron chi connectivity index (χ1n) is 7.21. The largest absolute Gasteiger partial charge is 0.417 e. The summed E-state index contributed by atoms with van der Waals surface area (Å²) in [5.41, 5.74) is 0.449. The van der Waals surface area contributed by atoms with Crippen LogP contribution in [0.3, 0.4) is 0 Å². The molecule has 0 aliphatic carbocycles. The minimum Gasteiger partial charge on any atom is -0.362 e. The lowest BCUT2D eigenvalue weighted by Crippen LogP contribution is -2.38. The van der Waals surface area contributed by atoms with E-state index in [2.05, 4.69) is 9.97 Å². The molecule has 0 bridgehead atoms. The Balaban J connectivity index is 1.91. The summed E-state index contributed by atoms with van der Waals surface area (Å²) < 4.78 is 39.1. The number of amides is 1. The van der Waals surface area contributed by atoms with E-state index < -0.39 is 17.6 Å². The molecule has 0 unspecified atom stereocenters. The van der Waals surface area contributed by atoms with Crippen molar-refractivity contribution in [1.29, 1.82) is 0 Å². The van der Waals surface area contributed by atoms with Crippen molar-refractivity contribution in [3.05, 3.63) is 39.5 Å². The third-order valence-electron chi connectivity index (χ3n) is 3.89. The number of carbonyl (C=O) groups excluding carboxylic acids is 1. The van der Waals surface area contributed by atoms with Crippen molar-refractivity contribution in [2.24, 2.45) is 0 Å². The summed E-state index contributed by atoms with van der Waals surface area (Å²) in [5, 5.41) is 2.23. The van der Waals surface area contributed by atoms with E-state index in [9.17, 15) is 18.0 Å². The number of hydrogen-bond acceptors (Lipinski definition) is 5. The van der Waals surface area contributed by atoms with Gasteiger partial charge in [0.2, 0.25) is 0 Å². The molecule has 0 saturated carbocycles. The highest BCUT2D eigenvalue weighted by molar-refractivity contribution is 7.08. The van der Waals surface area contributed by atoms with Crippen LogP contribution in [0.1, 0.15) is 27.2 Å². The molecule has 2 aromatic heterocycles. The monoisotopic (exact) mass is 356 g/mol. The van der Waals surface area contributed by atoms with Crippen molar-refractivity contribution >= 4 is 23.1 Å². The lowest BCUT2D eigenvalue weighted by molar-refractivity contribution is -0.137. The number of thiophene rings is 1. The van der Waals surface area contributed by atoms with Gasteiger partial charge in [0, 0.05) is 43.4 Å². The Morgan fingerprint density at radius 2 is 2.04 bits per heavy atom.